The number of benzene rings is 2. The van der Waals surface area contributed by atoms with Crippen LogP contribution in [0.25, 0.3) is 0 Å². The van der Waals surface area contributed by atoms with E-state index in [9.17, 15) is 9.50 Å². The Balaban J connectivity index is 2.50. The second-order valence-corrected chi connectivity index (χ2v) is 5.14. The minimum absolute atomic E-state index is 0.0931. The maximum Gasteiger partial charge on any atom is 0.168 e. The molecule has 1 atom stereocenters. The highest BCUT2D eigenvalue weighted by molar-refractivity contribution is 5.46. The summed E-state index contributed by atoms with van der Waals surface area (Å²) in [5, 5.41) is 9.74. The Morgan fingerprint density at radius 3 is 2.50 bits per heavy atom. The number of hydrogen-bond acceptors (Lipinski definition) is 2. The molecule has 0 aliphatic heterocycles. The van der Waals surface area contributed by atoms with Gasteiger partial charge in [-0.3, -0.25) is 0 Å². The van der Waals surface area contributed by atoms with Crippen molar-refractivity contribution in [3.63, 3.8) is 0 Å². The number of aryl methyl sites for hydroxylation is 2. The molecule has 0 fully saturated rings. The molecule has 0 amide bonds. The van der Waals surface area contributed by atoms with Gasteiger partial charge in [-0.15, -0.1) is 0 Å². The van der Waals surface area contributed by atoms with Crippen LogP contribution in [0.3, 0.4) is 0 Å². The summed E-state index contributed by atoms with van der Waals surface area (Å²) in [5.41, 5.74) is 3.56. The Bertz CT molecular complexity index is 633. The van der Waals surface area contributed by atoms with Gasteiger partial charge in [0, 0.05) is 5.56 Å². The highest BCUT2D eigenvalue weighted by atomic mass is 19.1. The van der Waals surface area contributed by atoms with Gasteiger partial charge in [-0.2, -0.15) is 0 Å². The Kier molecular flexibility index (Phi) is 4.09. The standard InChI is InChI=1S/C17H19FO2/c1-10-8-11(2)12(3)16(9-10)20-17-14(13(4)19)6-5-7-15(17)18/h5-9,13,19H,1-4H3/t13-/m1/s1. The molecule has 0 aromatic heterocycles. The third-order valence-electron chi connectivity index (χ3n) is 3.42. The Morgan fingerprint density at radius 1 is 1.15 bits per heavy atom. The summed E-state index contributed by atoms with van der Waals surface area (Å²) in [6.07, 6.45) is -0.785. The third kappa shape index (κ3) is 2.83. The fourth-order valence-electron chi connectivity index (χ4n) is 2.18. The molecule has 0 heterocycles. The fraction of sp³-hybridized carbons (Fsp3) is 0.294. The first-order valence-electron chi connectivity index (χ1n) is 6.62. The first-order valence-corrected chi connectivity index (χ1v) is 6.62. The van der Waals surface area contributed by atoms with Crippen molar-refractivity contribution in [2.24, 2.45) is 0 Å². The average molecular weight is 274 g/mol. The SMILES string of the molecule is Cc1cc(C)c(C)c(Oc2c(F)cccc2[C@@H](C)O)c1. The Labute approximate surface area is 118 Å². The number of para-hydroxylation sites is 1. The second kappa shape index (κ2) is 5.63. The zero-order chi connectivity index (χ0) is 14.9. The van der Waals surface area contributed by atoms with E-state index in [2.05, 4.69) is 6.07 Å². The molecule has 3 heteroatoms. The van der Waals surface area contributed by atoms with Crippen molar-refractivity contribution >= 4 is 0 Å². The summed E-state index contributed by atoms with van der Waals surface area (Å²) in [4.78, 5) is 0. The van der Waals surface area contributed by atoms with Gasteiger partial charge in [0.1, 0.15) is 5.75 Å². The fourth-order valence-corrected chi connectivity index (χ4v) is 2.18. The van der Waals surface area contributed by atoms with Crippen LogP contribution in [-0.4, -0.2) is 5.11 Å². The van der Waals surface area contributed by atoms with Crippen molar-refractivity contribution in [1.29, 1.82) is 0 Å². The molecule has 0 aliphatic carbocycles. The van der Waals surface area contributed by atoms with Crippen LogP contribution < -0.4 is 4.74 Å². The molecule has 0 saturated carbocycles. The van der Waals surface area contributed by atoms with E-state index in [4.69, 9.17) is 4.74 Å². The molecule has 2 aromatic carbocycles. The molecule has 0 spiro atoms. The predicted octanol–water partition coefficient (Wildman–Crippen LogP) is 4.60. The van der Waals surface area contributed by atoms with Crippen LogP contribution in [0.5, 0.6) is 11.5 Å². The van der Waals surface area contributed by atoms with Gasteiger partial charge in [0.2, 0.25) is 0 Å². The molecule has 0 unspecified atom stereocenters. The molecular formula is C17H19FO2. The van der Waals surface area contributed by atoms with Gasteiger partial charge in [-0.1, -0.05) is 18.2 Å². The van der Waals surface area contributed by atoms with E-state index in [-0.39, 0.29) is 5.75 Å². The normalized spacial score (nSPS) is 12.3. The molecular weight excluding hydrogens is 255 g/mol. The maximum atomic E-state index is 14.0. The molecule has 20 heavy (non-hydrogen) atoms. The summed E-state index contributed by atoms with van der Waals surface area (Å²) >= 11 is 0. The lowest BCUT2D eigenvalue weighted by molar-refractivity contribution is 0.194. The van der Waals surface area contributed by atoms with Gasteiger partial charge >= 0.3 is 0 Å². The second-order valence-electron chi connectivity index (χ2n) is 5.14. The van der Waals surface area contributed by atoms with Crippen LogP contribution in [0.15, 0.2) is 30.3 Å². The monoisotopic (exact) mass is 274 g/mol. The first kappa shape index (κ1) is 14.5. The van der Waals surface area contributed by atoms with E-state index < -0.39 is 11.9 Å². The zero-order valence-corrected chi connectivity index (χ0v) is 12.2. The van der Waals surface area contributed by atoms with Crippen LogP contribution in [0.1, 0.15) is 35.3 Å². The largest absolute Gasteiger partial charge is 0.454 e. The molecule has 2 rings (SSSR count). The summed E-state index contributed by atoms with van der Waals surface area (Å²) < 4.78 is 19.8. The van der Waals surface area contributed by atoms with E-state index in [0.717, 1.165) is 16.7 Å². The van der Waals surface area contributed by atoms with E-state index in [1.165, 1.54) is 6.07 Å². The molecule has 0 bridgehead atoms. The molecule has 2 nitrogen and oxygen atoms in total. The van der Waals surface area contributed by atoms with Crippen molar-refractivity contribution in [2.75, 3.05) is 0 Å². The zero-order valence-electron chi connectivity index (χ0n) is 12.2. The van der Waals surface area contributed by atoms with E-state index in [1.54, 1.807) is 19.1 Å². The van der Waals surface area contributed by atoms with Crippen molar-refractivity contribution in [1.82, 2.24) is 0 Å². The average Bonchev–Trinajstić information content (AvgIpc) is 2.37. The highest BCUT2D eigenvalue weighted by Gasteiger charge is 2.16. The van der Waals surface area contributed by atoms with Crippen molar-refractivity contribution < 1.29 is 14.2 Å². The lowest BCUT2D eigenvalue weighted by atomic mass is 10.1. The number of hydrogen-bond donors (Lipinski definition) is 1. The minimum atomic E-state index is -0.785. The minimum Gasteiger partial charge on any atom is -0.454 e. The topological polar surface area (TPSA) is 29.5 Å². The number of halogens is 1. The van der Waals surface area contributed by atoms with Crippen molar-refractivity contribution in [2.45, 2.75) is 33.8 Å². The van der Waals surface area contributed by atoms with E-state index >= 15 is 0 Å². The summed E-state index contributed by atoms with van der Waals surface area (Å²) in [5.74, 6) is 0.243. The molecule has 0 saturated heterocycles. The van der Waals surface area contributed by atoms with Crippen molar-refractivity contribution in [3.05, 3.63) is 58.4 Å². The predicted molar refractivity (Wildman–Crippen MR) is 77.8 cm³/mol. The van der Waals surface area contributed by atoms with Gasteiger partial charge in [-0.25, -0.2) is 4.39 Å². The third-order valence-corrected chi connectivity index (χ3v) is 3.42. The summed E-state index contributed by atoms with van der Waals surface area (Å²) in [6, 6.07) is 8.50. The lowest BCUT2D eigenvalue weighted by Crippen LogP contribution is -2.00. The van der Waals surface area contributed by atoms with Crippen LogP contribution >= 0.6 is 0 Å². The van der Waals surface area contributed by atoms with Crippen LogP contribution in [-0.2, 0) is 0 Å². The molecule has 1 N–H and O–H groups in total. The van der Waals surface area contributed by atoms with Crippen LogP contribution in [0, 0.1) is 26.6 Å². The Hall–Kier alpha value is -1.87. The van der Waals surface area contributed by atoms with Gasteiger partial charge < -0.3 is 9.84 Å². The van der Waals surface area contributed by atoms with E-state index in [1.807, 2.05) is 26.8 Å². The van der Waals surface area contributed by atoms with Gasteiger partial charge in [-0.05, 0) is 56.5 Å². The Morgan fingerprint density at radius 2 is 1.85 bits per heavy atom. The molecule has 2 aromatic rings. The van der Waals surface area contributed by atoms with E-state index in [0.29, 0.717) is 11.3 Å². The number of rotatable bonds is 3. The maximum absolute atomic E-state index is 14.0. The van der Waals surface area contributed by atoms with Crippen molar-refractivity contribution in [3.8, 4) is 11.5 Å². The number of aliphatic hydroxyl groups is 1. The first-order chi connectivity index (χ1) is 9.40. The van der Waals surface area contributed by atoms with Crippen LogP contribution in [0.2, 0.25) is 0 Å². The van der Waals surface area contributed by atoms with Gasteiger partial charge in [0.15, 0.2) is 11.6 Å². The lowest BCUT2D eigenvalue weighted by Gasteiger charge is -2.16. The highest BCUT2D eigenvalue weighted by Crippen LogP contribution is 2.34. The van der Waals surface area contributed by atoms with Gasteiger partial charge in [0.05, 0.1) is 6.10 Å². The van der Waals surface area contributed by atoms with Crippen LogP contribution in [0.4, 0.5) is 4.39 Å². The quantitative estimate of drug-likeness (QED) is 0.886. The smallest absolute Gasteiger partial charge is 0.168 e. The summed E-state index contributed by atoms with van der Waals surface area (Å²) in [7, 11) is 0. The molecule has 0 radical (unpaired) electrons. The number of aliphatic hydroxyl groups excluding tert-OH is 1. The number of ether oxygens (including phenoxy) is 1. The summed E-state index contributed by atoms with van der Waals surface area (Å²) in [6.45, 7) is 7.49. The molecule has 0 aliphatic rings. The molecule has 106 valence electrons. The van der Waals surface area contributed by atoms with Gasteiger partial charge in [0.25, 0.3) is 0 Å².